The molecule has 25 heavy (non-hydrogen) atoms. The number of hydrogen-bond donors (Lipinski definition) is 1. The van der Waals surface area contributed by atoms with E-state index in [1.165, 1.54) is 25.7 Å². The zero-order valence-electron chi connectivity index (χ0n) is 14.3. The highest BCUT2D eigenvalue weighted by molar-refractivity contribution is 5.87. The molecule has 0 aliphatic heterocycles. The van der Waals surface area contributed by atoms with Crippen molar-refractivity contribution in [1.29, 1.82) is 0 Å². The summed E-state index contributed by atoms with van der Waals surface area (Å²) in [4.78, 5) is 13.3. The largest absolute Gasteiger partial charge is 0.367 e. The van der Waals surface area contributed by atoms with Gasteiger partial charge in [-0.1, -0.05) is 12.5 Å². The molecule has 1 N–H and O–H groups in total. The normalized spacial score (nSPS) is 26.2. The summed E-state index contributed by atoms with van der Waals surface area (Å²) in [5, 5.41) is 9.08. The van der Waals surface area contributed by atoms with E-state index in [0.29, 0.717) is 6.04 Å². The topological polar surface area (TPSA) is 68.5 Å². The first kappa shape index (κ1) is 14.8. The van der Waals surface area contributed by atoms with Crippen molar-refractivity contribution in [2.24, 2.45) is 17.8 Å². The molecule has 5 rings (SSSR count). The van der Waals surface area contributed by atoms with Crippen molar-refractivity contribution in [3.8, 4) is 5.82 Å². The average molecular weight is 334 g/mol. The van der Waals surface area contributed by atoms with Crippen molar-refractivity contribution in [1.82, 2.24) is 24.7 Å². The number of rotatable bonds is 4. The number of fused-ring (bicyclic) bond motifs is 3. The van der Waals surface area contributed by atoms with Gasteiger partial charge in [0.05, 0.1) is 11.6 Å². The van der Waals surface area contributed by atoms with E-state index in [1.54, 1.807) is 17.2 Å². The maximum absolute atomic E-state index is 4.49. The zero-order valence-corrected chi connectivity index (χ0v) is 14.3. The number of nitrogens with one attached hydrogen (secondary N) is 1. The lowest BCUT2D eigenvalue weighted by molar-refractivity contribution is 0.304. The molecule has 2 aliphatic carbocycles. The van der Waals surface area contributed by atoms with Gasteiger partial charge in [-0.3, -0.25) is 0 Å². The molecule has 2 bridgehead atoms. The van der Waals surface area contributed by atoms with Crippen LogP contribution >= 0.6 is 0 Å². The van der Waals surface area contributed by atoms with E-state index < -0.39 is 0 Å². The Morgan fingerprint density at radius 2 is 2.12 bits per heavy atom. The Bertz CT molecular complexity index is 889. The summed E-state index contributed by atoms with van der Waals surface area (Å²) >= 11 is 0. The molecule has 0 aromatic carbocycles. The summed E-state index contributed by atoms with van der Waals surface area (Å²) in [5.41, 5.74) is 0.788. The van der Waals surface area contributed by atoms with Crippen LogP contribution < -0.4 is 5.32 Å². The van der Waals surface area contributed by atoms with Crippen molar-refractivity contribution in [3.63, 3.8) is 0 Å². The van der Waals surface area contributed by atoms with Gasteiger partial charge in [-0.05, 0) is 56.1 Å². The smallest absolute Gasteiger partial charge is 0.170 e. The van der Waals surface area contributed by atoms with Crippen molar-refractivity contribution in [3.05, 3.63) is 36.9 Å². The van der Waals surface area contributed by atoms with E-state index in [0.717, 1.165) is 40.4 Å². The highest BCUT2D eigenvalue weighted by atomic mass is 15.3. The second kappa shape index (κ2) is 5.79. The van der Waals surface area contributed by atoms with Gasteiger partial charge in [-0.15, -0.1) is 0 Å². The van der Waals surface area contributed by atoms with Crippen LogP contribution in [0.4, 0.5) is 5.82 Å². The van der Waals surface area contributed by atoms with Crippen LogP contribution in [0, 0.1) is 17.8 Å². The van der Waals surface area contributed by atoms with Crippen molar-refractivity contribution in [2.75, 3.05) is 5.32 Å². The molecule has 128 valence electrons. The molecule has 3 heterocycles. The first-order valence-electron chi connectivity index (χ1n) is 9.16. The molecule has 0 amide bonds. The number of anilines is 1. The third-order valence-corrected chi connectivity index (χ3v) is 6.03. The van der Waals surface area contributed by atoms with Crippen molar-refractivity contribution in [2.45, 2.75) is 38.6 Å². The van der Waals surface area contributed by atoms with Gasteiger partial charge < -0.3 is 5.32 Å². The fourth-order valence-corrected chi connectivity index (χ4v) is 4.83. The molecule has 0 spiro atoms. The molecule has 3 aromatic heterocycles. The second-order valence-corrected chi connectivity index (χ2v) is 7.48. The molecule has 0 saturated heterocycles. The third-order valence-electron chi connectivity index (χ3n) is 6.03. The second-order valence-electron chi connectivity index (χ2n) is 7.48. The number of nitrogens with zero attached hydrogens (tertiary/aromatic N) is 5. The Labute approximate surface area is 146 Å². The van der Waals surface area contributed by atoms with E-state index in [9.17, 15) is 0 Å². The molecule has 6 nitrogen and oxygen atoms in total. The lowest BCUT2D eigenvalue weighted by atomic mass is 9.84. The summed E-state index contributed by atoms with van der Waals surface area (Å²) in [5.74, 6) is 4.25. The average Bonchev–Trinajstić information content (AvgIpc) is 3.38. The summed E-state index contributed by atoms with van der Waals surface area (Å²) in [6, 6.07) is 6.20. The van der Waals surface area contributed by atoms with E-state index in [-0.39, 0.29) is 0 Å². The van der Waals surface area contributed by atoms with Gasteiger partial charge in [0.25, 0.3) is 0 Å². The fourth-order valence-electron chi connectivity index (χ4n) is 4.83. The molecule has 0 radical (unpaired) electrons. The zero-order chi connectivity index (χ0) is 16.8. The van der Waals surface area contributed by atoms with Crippen LogP contribution in [0.5, 0.6) is 0 Å². The number of aromatic nitrogens is 5. The van der Waals surface area contributed by atoms with Gasteiger partial charge in [0.2, 0.25) is 0 Å². The Morgan fingerprint density at radius 1 is 1.16 bits per heavy atom. The van der Waals surface area contributed by atoms with E-state index in [4.69, 9.17) is 0 Å². The highest BCUT2D eigenvalue weighted by Crippen LogP contribution is 2.49. The van der Waals surface area contributed by atoms with Gasteiger partial charge in [-0.25, -0.2) is 15.0 Å². The number of pyridine rings is 1. The maximum Gasteiger partial charge on any atom is 0.170 e. The Kier molecular flexibility index (Phi) is 3.43. The van der Waals surface area contributed by atoms with Gasteiger partial charge in [0.1, 0.15) is 12.1 Å². The third kappa shape index (κ3) is 2.47. The summed E-state index contributed by atoms with van der Waals surface area (Å²) in [7, 11) is 0. The van der Waals surface area contributed by atoms with Crippen LogP contribution in [-0.4, -0.2) is 30.8 Å². The Balaban J connectivity index is 1.45. The predicted molar refractivity (Wildman–Crippen MR) is 96.5 cm³/mol. The Hall–Kier alpha value is -2.50. The highest BCUT2D eigenvalue weighted by Gasteiger charge is 2.41. The van der Waals surface area contributed by atoms with E-state index in [2.05, 4.69) is 32.3 Å². The predicted octanol–water partition coefficient (Wildman–Crippen LogP) is 3.45. The minimum absolute atomic E-state index is 0.423. The molecule has 2 saturated carbocycles. The minimum atomic E-state index is 0.423. The summed E-state index contributed by atoms with van der Waals surface area (Å²) < 4.78 is 1.77. The van der Waals surface area contributed by atoms with Crippen LogP contribution in [0.3, 0.4) is 0 Å². The standard InChI is InChI=1S/C19H22N6/c1-12(15-9-13-5-6-14(15)8-13)24-18-16-10-23-25(19(16)22-11-21-18)17-4-2-3-7-20-17/h2-4,7,10-15H,5-6,8-9H2,1H3,(H,21,22,24). The monoisotopic (exact) mass is 334 g/mol. The summed E-state index contributed by atoms with van der Waals surface area (Å²) in [6.07, 6.45) is 10.8. The molecule has 2 aliphatic rings. The summed E-state index contributed by atoms with van der Waals surface area (Å²) in [6.45, 7) is 2.29. The van der Waals surface area contributed by atoms with Gasteiger partial charge in [-0.2, -0.15) is 9.78 Å². The molecule has 4 atom stereocenters. The SMILES string of the molecule is CC(Nc1ncnc2c1cnn2-c1ccccn1)C1CC2CCC1C2. The maximum atomic E-state index is 4.49. The molecular weight excluding hydrogens is 312 g/mol. The Morgan fingerprint density at radius 3 is 2.88 bits per heavy atom. The van der Waals surface area contributed by atoms with E-state index >= 15 is 0 Å². The molecule has 4 unspecified atom stereocenters. The fraction of sp³-hybridized carbons (Fsp3) is 0.474. The lowest BCUT2D eigenvalue weighted by Crippen LogP contribution is -2.30. The van der Waals surface area contributed by atoms with Crippen molar-refractivity contribution < 1.29 is 0 Å². The first-order valence-corrected chi connectivity index (χ1v) is 9.16. The van der Waals surface area contributed by atoms with Gasteiger partial charge in [0.15, 0.2) is 11.5 Å². The number of hydrogen-bond acceptors (Lipinski definition) is 5. The molecule has 3 aromatic rings. The quantitative estimate of drug-likeness (QED) is 0.791. The van der Waals surface area contributed by atoms with Crippen LogP contribution in [0.25, 0.3) is 16.9 Å². The van der Waals surface area contributed by atoms with Gasteiger partial charge >= 0.3 is 0 Å². The van der Waals surface area contributed by atoms with Crippen LogP contribution in [-0.2, 0) is 0 Å². The minimum Gasteiger partial charge on any atom is -0.367 e. The van der Waals surface area contributed by atoms with Crippen LogP contribution in [0.2, 0.25) is 0 Å². The van der Waals surface area contributed by atoms with E-state index in [1.807, 2.05) is 24.4 Å². The molecule has 2 fully saturated rings. The van der Waals surface area contributed by atoms with Crippen molar-refractivity contribution >= 4 is 16.9 Å². The first-order chi connectivity index (χ1) is 12.3. The van der Waals surface area contributed by atoms with Gasteiger partial charge in [0, 0.05) is 12.2 Å². The van der Waals surface area contributed by atoms with Crippen LogP contribution in [0.15, 0.2) is 36.9 Å². The van der Waals surface area contributed by atoms with Crippen LogP contribution in [0.1, 0.15) is 32.6 Å². The lowest BCUT2D eigenvalue weighted by Gasteiger charge is -2.29. The molecule has 6 heteroatoms. The molecular formula is C19H22N6.